The summed E-state index contributed by atoms with van der Waals surface area (Å²) in [6.45, 7) is 10.9. The fraction of sp³-hybridized carbons (Fsp3) is 0.455. The Bertz CT molecular complexity index is 658. The van der Waals surface area contributed by atoms with Crippen LogP contribution in [0.2, 0.25) is 0 Å². The molecule has 5 heteroatoms. The molecular formula is C22H30N2O3. The van der Waals surface area contributed by atoms with E-state index < -0.39 is 0 Å². The Labute approximate surface area is 162 Å². The molecule has 5 nitrogen and oxygen atoms in total. The molecule has 0 spiro atoms. The van der Waals surface area contributed by atoms with Gasteiger partial charge in [0.1, 0.15) is 23.9 Å². The SMILES string of the molecule is CCN1CCN(CCOCCOc2cccc(Oc3ccccc3)c2)CC1. The lowest BCUT2D eigenvalue weighted by atomic mass is 10.3. The van der Waals surface area contributed by atoms with Crippen LogP contribution in [0.15, 0.2) is 54.6 Å². The average molecular weight is 370 g/mol. The third-order valence-corrected chi connectivity index (χ3v) is 4.74. The summed E-state index contributed by atoms with van der Waals surface area (Å²) in [6, 6.07) is 17.4. The molecule has 0 saturated carbocycles. The lowest BCUT2D eigenvalue weighted by Gasteiger charge is -2.33. The number of hydrogen-bond acceptors (Lipinski definition) is 5. The van der Waals surface area contributed by atoms with Gasteiger partial charge in [-0.15, -0.1) is 0 Å². The molecule has 146 valence electrons. The van der Waals surface area contributed by atoms with Gasteiger partial charge >= 0.3 is 0 Å². The van der Waals surface area contributed by atoms with Crippen LogP contribution in [0.25, 0.3) is 0 Å². The van der Waals surface area contributed by atoms with Gasteiger partial charge in [0.05, 0.1) is 13.2 Å². The van der Waals surface area contributed by atoms with E-state index in [1.165, 1.54) is 13.1 Å². The Morgan fingerprint density at radius 2 is 1.44 bits per heavy atom. The Morgan fingerprint density at radius 3 is 2.22 bits per heavy atom. The molecule has 0 aliphatic carbocycles. The van der Waals surface area contributed by atoms with Crippen molar-refractivity contribution in [2.45, 2.75) is 6.92 Å². The summed E-state index contributed by atoms with van der Waals surface area (Å²) in [5, 5.41) is 0. The van der Waals surface area contributed by atoms with Crippen molar-refractivity contribution in [2.24, 2.45) is 0 Å². The third-order valence-electron chi connectivity index (χ3n) is 4.74. The second kappa shape index (κ2) is 10.9. The van der Waals surface area contributed by atoms with Gasteiger partial charge in [-0.05, 0) is 30.8 Å². The largest absolute Gasteiger partial charge is 0.491 e. The van der Waals surface area contributed by atoms with Crippen molar-refractivity contribution in [3.05, 3.63) is 54.6 Å². The fourth-order valence-corrected chi connectivity index (χ4v) is 3.10. The van der Waals surface area contributed by atoms with Crippen molar-refractivity contribution in [3.8, 4) is 17.2 Å². The molecule has 1 aliphatic heterocycles. The monoisotopic (exact) mass is 370 g/mol. The van der Waals surface area contributed by atoms with E-state index in [-0.39, 0.29) is 0 Å². The molecule has 3 rings (SSSR count). The van der Waals surface area contributed by atoms with Gasteiger partial charge in [-0.1, -0.05) is 31.2 Å². The van der Waals surface area contributed by atoms with Crippen molar-refractivity contribution in [1.82, 2.24) is 9.80 Å². The second-order valence-electron chi connectivity index (χ2n) is 6.63. The first-order valence-electron chi connectivity index (χ1n) is 9.81. The molecule has 0 atom stereocenters. The highest BCUT2D eigenvalue weighted by Crippen LogP contribution is 2.24. The van der Waals surface area contributed by atoms with Gasteiger partial charge in [0.15, 0.2) is 0 Å². The summed E-state index contributed by atoms with van der Waals surface area (Å²) >= 11 is 0. The average Bonchev–Trinajstić information content (AvgIpc) is 2.72. The summed E-state index contributed by atoms with van der Waals surface area (Å²) < 4.78 is 17.3. The highest BCUT2D eigenvalue weighted by molar-refractivity contribution is 5.36. The first kappa shape index (κ1) is 19.7. The Hall–Kier alpha value is -2.08. The van der Waals surface area contributed by atoms with E-state index >= 15 is 0 Å². The van der Waals surface area contributed by atoms with Gasteiger partial charge in [0.2, 0.25) is 0 Å². The molecule has 2 aromatic rings. The predicted octanol–water partition coefficient (Wildman–Crippen LogP) is 3.51. The zero-order chi connectivity index (χ0) is 18.7. The Balaban J connectivity index is 1.30. The van der Waals surface area contributed by atoms with Crippen LogP contribution < -0.4 is 9.47 Å². The molecule has 0 radical (unpaired) electrons. The molecule has 0 N–H and O–H groups in total. The van der Waals surface area contributed by atoms with E-state index in [1.807, 2.05) is 54.6 Å². The van der Waals surface area contributed by atoms with Crippen LogP contribution in [0.3, 0.4) is 0 Å². The van der Waals surface area contributed by atoms with Gasteiger partial charge in [0.25, 0.3) is 0 Å². The van der Waals surface area contributed by atoms with Crippen molar-refractivity contribution < 1.29 is 14.2 Å². The summed E-state index contributed by atoms with van der Waals surface area (Å²) in [7, 11) is 0. The smallest absolute Gasteiger partial charge is 0.131 e. The van der Waals surface area contributed by atoms with Gasteiger partial charge in [0, 0.05) is 38.8 Å². The number of likely N-dealkylation sites (N-methyl/N-ethyl adjacent to an activating group) is 1. The standard InChI is InChI=1S/C22H30N2O3/c1-2-23-11-13-24(14-12-23)15-16-25-17-18-26-21-9-6-10-22(19-21)27-20-7-4-3-5-8-20/h3-10,19H,2,11-18H2,1H3. The Morgan fingerprint density at radius 1 is 0.741 bits per heavy atom. The number of para-hydroxylation sites is 1. The van der Waals surface area contributed by atoms with Crippen LogP contribution in [-0.4, -0.2) is 68.9 Å². The molecular weight excluding hydrogens is 340 g/mol. The van der Waals surface area contributed by atoms with Crippen LogP contribution in [-0.2, 0) is 4.74 Å². The van der Waals surface area contributed by atoms with E-state index in [1.54, 1.807) is 0 Å². The number of piperazine rings is 1. The van der Waals surface area contributed by atoms with Crippen molar-refractivity contribution in [1.29, 1.82) is 0 Å². The minimum Gasteiger partial charge on any atom is -0.491 e. The molecule has 1 fully saturated rings. The number of hydrogen-bond donors (Lipinski definition) is 0. The normalized spacial score (nSPS) is 15.6. The van der Waals surface area contributed by atoms with Crippen molar-refractivity contribution in [2.75, 3.05) is 59.1 Å². The highest BCUT2D eigenvalue weighted by Gasteiger charge is 2.14. The van der Waals surface area contributed by atoms with Gasteiger partial charge in [-0.3, -0.25) is 4.90 Å². The van der Waals surface area contributed by atoms with Gasteiger partial charge in [-0.2, -0.15) is 0 Å². The quantitative estimate of drug-likeness (QED) is 0.598. The zero-order valence-electron chi connectivity index (χ0n) is 16.2. The summed E-state index contributed by atoms with van der Waals surface area (Å²) in [5.74, 6) is 2.38. The summed E-state index contributed by atoms with van der Waals surface area (Å²) in [6.07, 6.45) is 0. The topological polar surface area (TPSA) is 34.2 Å². The lowest BCUT2D eigenvalue weighted by Crippen LogP contribution is -2.47. The van der Waals surface area contributed by atoms with Crippen LogP contribution in [0.5, 0.6) is 17.2 Å². The maximum absolute atomic E-state index is 5.83. The number of benzene rings is 2. The van der Waals surface area contributed by atoms with Crippen molar-refractivity contribution in [3.63, 3.8) is 0 Å². The molecule has 0 amide bonds. The minimum atomic E-state index is 0.540. The fourth-order valence-electron chi connectivity index (χ4n) is 3.10. The molecule has 0 aromatic heterocycles. The number of rotatable bonds is 10. The molecule has 1 heterocycles. The first-order valence-corrected chi connectivity index (χ1v) is 9.81. The third kappa shape index (κ3) is 6.86. The van der Waals surface area contributed by atoms with Gasteiger partial charge in [-0.25, -0.2) is 0 Å². The van der Waals surface area contributed by atoms with Crippen molar-refractivity contribution >= 4 is 0 Å². The van der Waals surface area contributed by atoms with Crippen LogP contribution in [0.1, 0.15) is 6.92 Å². The molecule has 0 bridgehead atoms. The highest BCUT2D eigenvalue weighted by atomic mass is 16.5. The van der Waals surface area contributed by atoms with Crippen LogP contribution in [0.4, 0.5) is 0 Å². The summed E-state index contributed by atoms with van der Waals surface area (Å²) in [5.41, 5.74) is 0. The Kier molecular flexibility index (Phi) is 7.96. The summed E-state index contributed by atoms with van der Waals surface area (Å²) in [4.78, 5) is 4.96. The van der Waals surface area contributed by atoms with E-state index in [2.05, 4.69) is 16.7 Å². The minimum absolute atomic E-state index is 0.540. The van der Waals surface area contributed by atoms with E-state index in [9.17, 15) is 0 Å². The maximum atomic E-state index is 5.83. The molecule has 1 aliphatic rings. The lowest BCUT2D eigenvalue weighted by molar-refractivity contribution is 0.0626. The molecule has 1 saturated heterocycles. The number of ether oxygens (including phenoxy) is 3. The zero-order valence-corrected chi connectivity index (χ0v) is 16.2. The van der Waals surface area contributed by atoms with Gasteiger partial charge < -0.3 is 19.1 Å². The number of nitrogens with zero attached hydrogens (tertiary/aromatic N) is 2. The molecule has 2 aromatic carbocycles. The first-order chi connectivity index (χ1) is 13.3. The van der Waals surface area contributed by atoms with Crippen LogP contribution >= 0.6 is 0 Å². The predicted molar refractivity (Wildman–Crippen MR) is 108 cm³/mol. The molecule has 27 heavy (non-hydrogen) atoms. The second-order valence-corrected chi connectivity index (χ2v) is 6.63. The van der Waals surface area contributed by atoms with E-state index in [0.29, 0.717) is 13.2 Å². The van der Waals surface area contributed by atoms with Crippen LogP contribution in [0, 0.1) is 0 Å². The van der Waals surface area contributed by atoms with E-state index in [4.69, 9.17) is 14.2 Å². The van der Waals surface area contributed by atoms with E-state index in [0.717, 1.165) is 50.0 Å². The molecule has 0 unspecified atom stereocenters. The maximum Gasteiger partial charge on any atom is 0.131 e.